The van der Waals surface area contributed by atoms with Gasteiger partial charge in [0.25, 0.3) is 0 Å². The highest BCUT2D eigenvalue weighted by Gasteiger charge is 2.19. The molecular formula is C29H60N2S. The first kappa shape index (κ1) is 31.7. The molecule has 0 aliphatic carbocycles. The Kier molecular flexibility index (Phi) is 19.9. The Morgan fingerprint density at radius 1 is 0.594 bits per heavy atom. The van der Waals surface area contributed by atoms with Gasteiger partial charge in [0.2, 0.25) is 0 Å². The molecule has 2 nitrogen and oxygen atoms in total. The van der Waals surface area contributed by atoms with E-state index >= 15 is 0 Å². The van der Waals surface area contributed by atoms with Crippen LogP contribution in [0, 0.1) is 23.7 Å². The van der Waals surface area contributed by atoms with Gasteiger partial charge in [-0.2, -0.15) is 0 Å². The van der Waals surface area contributed by atoms with E-state index in [-0.39, 0.29) is 0 Å². The van der Waals surface area contributed by atoms with Gasteiger partial charge in [-0.05, 0) is 74.4 Å². The minimum atomic E-state index is 0.498. The van der Waals surface area contributed by atoms with Crippen molar-refractivity contribution in [3.8, 4) is 0 Å². The SMILES string of the molecule is CCCCC(CC)CCC(CC(C)C)NC(=S)NC(CCC(CC)CCCC)CC(C)C. The van der Waals surface area contributed by atoms with E-state index in [0.717, 1.165) is 16.9 Å². The summed E-state index contributed by atoms with van der Waals surface area (Å²) < 4.78 is 0. The van der Waals surface area contributed by atoms with E-state index in [1.54, 1.807) is 0 Å². The number of thiocarbonyl (C=S) groups is 1. The Morgan fingerprint density at radius 2 is 0.969 bits per heavy atom. The first-order valence-electron chi connectivity index (χ1n) is 14.3. The van der Waals surface area contributed by atoms with Gasteiger partial charge in [0, 0.05) is 12.1 Å². The Hall–Kier alpha value is -0.310. The molecule has 0 aliphatic heterocycles. The molecule has 0 bridgehead atoms. The lowest BCUT2D eigenvalue weighted by molar-refractivity contribution is 0.347. The minimum Gasteiger partial charge on any atom is -0.360 e. The summed E-state index contributed by atoms with van der Waals surface area (Å²) in [7, 11) is 0. The fourth-order valence-electron chi connectivity index (χ4n) is 5.01. The summed E-state index contributed by atoms with van der Waals surface area (Å²) in [6.45, 7) is 18.7. The summed E-state index contributed by atoms with van der Waals surface area (Å²) in [5, 5.41) is 8.38. The van der Waals surface area contributed by atoms with E-state index in [1.807, 2.05) is 0 Å². The molecule has 0 heterocycles. The smallest absolute Gasteiger partial charge is 0.166 e. The third-order valence-corrected chi connectivity index (χ3v) is 7.35. The lowest BCUT2D eigenvalue weighted by atomic mass is 9.90. The molecule has 3 heteroatoms. The van der Waals surface area contributed by atoms with E-state index in [4.69, 9.17) is 12.2 Å². The Balaban J connectivity index is 4.82. The van der Waals surface area contributed by atoms with E-state index in [2.05, 4.69) is 66.0 Å². The van der Waals surface area contributed by atoms with Crippen LogP contribution in [0.3, 0.4) is 0 Å². The maximum absolute atomic E-state index is 5.85. The van der Waals surface area contributed by atoms with Gasteiger partial charge in [0.15, 0.2) is 5.11 Å². The monoisotopic (exact) mass is 468 g/mol. The molecule has 0 radical (unpaired) electrons. The van der Waals surface area contributed by atoms with Crippen molar-refractivity contribution in [3.05, 3.63) is 0 Å². The van der Waals surface area contributed by atoms with E-state index in [1.165, 1.54) is 89.9 Å². The molecule has 0 spiro atoms. The van der Waals surface area contributed by atoms with Gasteiger partial charge in [0.05, 0.1) is 0 Å². The van der Waals surface area contributed by atoms with Crippen LogP contribution >= 0.6 is 12.2 Å². The minimum absolute atomic E-state index is 0.498. The van der Waals surface area contributed by atoms with Crippen molar-refractivity contribution in [2.45, 2.75) is 157 Å². The van der Waals surface area contributed by atoms with Crippen LogP contribution in [-0.4, -0.2) is 17.2 Å². The lowest BCUT2D eigenvalue weighted by Crippen LogP contribution is -2.47. The summed E-state index contributed by atoms with van der Waals surface area (Å²) in [5.41, 5.74) is 0. The Morgan fingerprint density at radius 3 is 1.25 bits per heavy atom. The van der Waals surface area contributed by atoms with Crippen molar-refractivity contribution in [1.82, 2.24) is 10.6 Å². The summed E-state index contributed by atoms with van der Waals surface area (Å²) in [6.07, 6.45) is 18.3. The molecule has 0 saturated carbocycles. The van der Waals surface area contributed by atoms with E-state index in [0.29, 0.717) is 23.9 Å². The van der Waals surface area contributed by atoms with Gasteiger partial charge in [0.1, 0.15) is 0 Å². The van der Waals surface area contributed by atoms with Gasteiger partial charge in [-0.15, -0.1) is 0 Å². The lowest BCUT2D eigenvalue weighted by Gasteiger charge is -2.28. The molecule has 0 aromatic heterocycles. The highest BCUT2D eigenvalue weighted by Crippen LogP contribution is 2.23. The zero-order chi connectivity index (χ0) is 24.4. The van der Waals surface area contributed by atoms with Crippen LogP contribution in [0.5, 0.6) is 0 Å². The maximum Gasteiger partial charge on any atom is 0.166 e. The van der Waals surface area contributed by atoms with Crippen molar-refractivity contribution < 1.29 is 0 Å². The average molecular weight is 469 g/mol. The second-order valence-corrected chi connectivity index (χ2v) is 11.7. The van der Waals surface area contributed by atoms with Gasteiger partial charge in [-0.1, -0.05) is 107 Å². The highest BCUT2D eigenvalue weighted by molar-refractivity contribution is 7.80. The summed E-state index contributed by atoms with van der Waals surface area (Å²) in [5.74, 6) is 3.13. The van der Waals surface area contributed by atoms with Crippen LogP contribution in [0.25, 0.3) is 0 Å². The quantitative estimate of drug-likeness (QED) is 0.174. The molecule has 4 atom stereocenters. The second-order valence-electron chi connectivity index (χ2n) is 11.3. The molecule has 0 fully saturated rings. The number of unbranched alkanes of at least 4 members (excludes halogenated alkanes) is 2. The van der Waals surface area contributed by atoms with Crippen molar-refractivity contribution in [2.24, 2.45) is 23.7 Å². The van der Waals surface area contributed by atoms with E-state index in [9.17, 15) is 0 Å². The first-order valence-corrected chi connectivity index (χ1v) is 14.7. The molecule has 4 unspecified atom stereocenters. The van der Waals surface area contributed by atoms with Gasteiger partial charge >= 0.3 is 0 Å². The first-order chi connectivity index (χ1) is 15.2. The summed E-state index contributed by atoms with van der Waals surface area (Å²) in [4.78, 5) is 0. The van der Waals surface area contributed by atoms with Crippen molar-refractivity contribution in [3.63, 3.8) is 0 Å². The van der Waals surface area contributed by atoms with Crippen molar-refractivity contribution >= 4 is 17.3 Å². The number of hydrogen-bond acceptors (Lipinski definition) is 1. The zero-order valence-corrected chi connectivity index (χ0v) is 24.1. The molecule has 0 aromatic rings. The van der Waals surface area contributed by atoms with Crippen LogP contribution < -0.4 is 10.6 Å². The fourth-order valence-corrected chi connectivity index (χ4v) is 5.35. The van der Waals surface area contributed by atoms with Gasteiger partial charge in [-0.25, -0.2) is 0 Å². The van der Waals surface area contributed by atoms with Crippen LogP contribution in [-0.2, 0) is 0 Å². The predicted molar refractivity (Wildman–Crippen MR) is 150 cm³/mol. The summed E-state index contributed by atoms with van der Waals surface area (Å²) >= 11 is 5.85. The average Bonchev–Trinajstić information content (AvgIpc) is 2.72. The van der Waals surface area contributed by atoms with Crippen LogP contribution in [0.2, 0.25) is 0 Å². The largest absolute Gasteiger partial charge is 0.360 e. The Bertz CT molecular complexity index is 397. The highest BCUT2D eigenvalue weighted by atomic mass is 32.1. The Labute approximate surface area is 208 Å². The van der Waals surface area contributed by atoms with Crippen molar-refractivity contribution in [2.75, 3.05) is 0 Å². The van der Waals surface area contributed by atoms with Crippen LogP contribution in [0.1, 0.15) is 145 Å². The summed E-state index contributed by atoms with van der Waals surface area (Å²) in [6, 6.07) is 0.997. The topological polar surface area (TPSA) is 24.1 Å². The molecule has 0 rings (SSSR count). The predicted octanol–water partition coefficient (Wildman–Crippen LogP) is 9.27. The molecule has 2 N–H and O–H groups in total. The van der Waals surface area contributed by atoms with Crippen LogP contribution in [0.4, 0.5) is 0 Å². The van der Waals surface area contributed by atoms with E-state index < -0.39 is 0 Å². The van der Waals surface area contributed by atoms with Crippen LogP contribution in [0.15, 0.2) is 0 Å². The van der Waals surface area contributed by atoms with Gasteiger partial charge < -0.3 is 10.6 Å². The molecule has 0 aliphatic rings. The molecular weight excluding hydrogens is 408 g/mol. The standard InChI is InChI=1S/C29H60N2S/c1-9-13-15-25(11-3)17-19-27(21-23(5)6)30-29(32)31-28(22-24(7)8)20-18-26(12-4)16-14-10-2/h23-28H,9-22H2,1-8H3,(H2,30,31,32). The third-order valence-electron chi connectivity index (χ3n) is 7.12. The van der Waals surface area contributed by atoms with Crippen molar-refractivity contribution in [1.29, 1.82) is 0 Å². The molecule has 32 heavy (non-hydrogen) atoms. The zero-order valence-electron chi connectivity index (χ0n) is 23.3. The maximum atomic E-state index is 5.85. The van der Waals surface area contributed by atoms with Gasteiger partial charge in [-0.3, -0.25) is 0 Å². The number of nitrogens with one attached hydrogen (secondary N) is 2. The normalized spacial score (nSPS) is 15.6. The number of hydrogen-bond donors (Lipinski definition) is 2. The molecule has 0 aromatic carbocycles. The molecule has 0 amide bonds. The molecule has 192 valence electrons. The molecule has 0 saturated heterocycles. The second kappa shape index (κ2) is 20.1. The third kappa shape index (κ3) is 17.2. The number of rotatable bonds is 20. The fraction of sp³-hybridized carbons (Fsp3) is 0.966.